The molecule has 0 rings (SSSR count). The Labute approximate surface area is 245 Å². The molecule has 0 bridgehead atoms. The largest absolute Gasteiger partial charge is 0.462 e. The molecule has 0 heterocycles. The van der Waals surface area contributed by atoms with Crippen molar-refractivity contribution in [1.82, 2.24) is 0 Å². The van der Waals surface area contributed by atoms with Crippen LogP contribution in [-0.2, 0) is 19.1 Å². The summed E-state index contributed by atoms with van der Waals surface area (Å²) in [6.07, 6.45) is 38.4. The molecule has 0 saturated carbocycles. The molecule has 0 radical (unpaired) electrons. The average Bonchev–Trinajstić information content (AvgIpc) is 2.96. The molecule has 0 aliphatic heterocycles. The molecule has 0 saturated heterocycles. The molecular formula is C35H58O5. The van der Waals surface area contributed by atoms with E-state index in [0.29, 0.717) is 12.8 Å². The number of allylic oxidation sites excluding steroid dienone is 10. The Hall–Kier alpha value is -2.40. The van der Waals surface area contributed by atoms with Crippen LogP contribution in [0.25, 0.3) is 0 Å². The van der Waals surface area contributed by atoms with E-state index >= 15 is 0 Å². The van der Waals surface area contributed by atoms with Crippen molar-refractivity contribution in [3.63, 3.8) is 0 Å². The fourth-order valence-corrected chi connectivity index (χ4v) is 3.88. The van der Waals surface area contributed by atoms with Crippen molar-refractivity contribution >= 4 is 11.9 Å². The minimum Gasteiger partial charge on any atom is -0.462 e. The van der Waals surface area contributed by atoms with Crippen LogP contribution in [0.3, 0.4) is 0 Å². The van der Waals surface area contributed by atoms with E-state index in [2.05, 4.69) is 74.6 Å². The first-order valence-corrected chi connectivity index (χ1v) is 15.8. The molecule has 1 unspecified atom stereocenters. The van der Waals surface area contributed by atoms with Crippen LogP contribution in [0.4, 0.5) is 0 Å². The van der Waals surface area contributed by atoms with Crippen LogP contribution >= 0.6 is 0 Å². The van der Waals surface area contributed by atoms with Gasteiger partial charge in [-0.15, -0.1) is 0 Å². The molecule has 1 atom stereocenters. The number of ether oxygens (including phenoxy) is 2. The lowest BCUT2D eigenvalue weighted by Gasteiger charge is -2.15. The Morgan fingerprint density at radius 2 is 1.07 bits per heavy atom. The third-order valence-corrected chi connectivity index (χ3v) is 6.30. The zero-order valence-electron chi connectivity index (χ0n) is 25.6. The molecule has 0 aliphatic rings. The summed E-state index contributed by atoms with van der Waals surface area (Å²) in [5, 5.41) is 9.47. The standard InChI is InChI=1S/C35H58O5/c1-3-5-7-9-11-13-15-16-17-18-20-21-23-25-27-29-34(37)39-32-33(31-36)40-35(38)30-28-26-24-22-19-14-12-10-8-6-4-2/h5,7,10-13,16-17,20-21,33,36H,3-4,6,8-9,14-15,18-19,22-32H2,1-2H3. The normalized spacial score (nSPS) is 13.0. The number of carbonyl (C=O) groups is 2. The lowest BCUT2D eigenvalue weighted by Crippen LogP contribution is -2.28. The number of unbranched alkanes of at least 4 members (excludes halogenated alkanes) is 9. The van der Waals surface area contributed by atoms with Crippen LogP contribution < -0.4 is 0 Å². The van der Waals surface area contributed by atoms with Crippen molar-refractivity contribution in [3.05, 3.63) is 60.8 Å². The number of esters is 2. The molecule has 228 valence electrons. The van der Waals surface area contributed by atoms with Crippen molar-refractivity contribution in [2.45, 2.75) is 136 Å². The SMILES string of the molecule is CCC=CCC=CCC=CCC=CCCCCC(=O)OCC(CO)OC(=O)CCCCCCCC=CCCCC. The molecule has 0 amide bonds. The topological polar surface area (TPSA) is 72.8 Å². The van der Waals surface area contributed by atoms with Gasteiger partial charge in [0.15, 0.2) is 6.10 Å². The Bertz CT molecular complexity index is 732. The van der Waals surface area contributed by atoms with Crippen LogP contribution in [0.1, 0.15) is 129 Å². The predicted molar refractivity (Wildman–Crippen MR) is 168 cm³/mol. The van der Waals surface area contributed by atoms with E-state index < -0.39 is 6.10 Å². The average molecular weight is 559 g/mol. The van der Waals surface area contributed by atoms with E-state index in [-0.39, 0.29) is 25.2 Å². The van der Waals surface area contributed by atoms with E-state index in [1.165, 1.54) is 32.1 Å². The Morgan fingerprint density at radius 1 is 0.600 bits per heavy atom. The van der Waals surface area contributed by atoms with Gasteiger partial charge < -0.3 is 14.6 Å². The second-order valence-corrected chi connectivity index (χ2v) is 10.1. The first-order valence-electron chi connectivity index (χ1n) is 15.8. The first-order chi connectivity index (χ1) is 19.6. The first kappa shape index (κ1) is 37.6. The lowest BCUT2D eigenvalue weighted by atomic mass is 10.1. The summed E-state index contributed by atoms with van der Waals surface area (Å²) in [5.41, 5.74) is 0. The van der Waals surface area contributed by atoms with Gasteiger partial charge in [0.1, 0.15) is 6.61 Å². The second-order valence-electron chi connectivity index (χ2n) is 10.1. The Balaban J connectivity index is 3.72. The molecule has 0 aliphatic carbocycles. The molecule has 5 nitrogen and oxygen atoms in total. The quantitative estimate of drug-likeness (QED) is 0.0618. The van der Waals surface area contributed by atoms with Gasteiger partial charge >= 0.3 is 11.9 Å². The molecule has 0 aromatic carbocycles. The molecule has 0 fully saturated rings. The van der Waals surface area contributed by atoms with Gasteiger partial charge in [0.2, 0.25) is 0 Å². The highest BCUT2D eigenvalue weighted by Crippen LogP contribution is 2.10. The monoisotopic (exact) mass is 558 g/mol. The number of rotatable bonds is 27. The van der Waals surface area contributed by atoms with Crippen molar-refractivity contribution in [1.29, 1.82) is 0 Å². The number of hydrogen-bond donors (Lipinski definition) is 1. The highest BCUT2D eigenvalue weighted by atomic mass is 16.6. The summed E-state index contributed by atoms with van der Waals surface area (Å²) >= 11 is 0. The maximum Gasteiger partial charge on any atom is 0.306 e. The number of carbonyl (C=O) groups excluding carboxylic acids is 2. The molecule has 0 aromatic rings. The second kappa shape index (κ2) is 31.1. The van der Waals surface area contributed by atoms with E-state index in [1.54, 1.807) is 0 Å². The minimum atomic E-state index is -0.791. The van der Waals surface area contributed by atoms with E-state index in [1.807, 2.05) is 0 Å². The van der Waals surface area contributed by atoms with Crippen LogP contribution in [0.5, 0.6) is 0 Å². The maximum absolute atomic E-state index is 12.0. The summed E-state index contributed by atoms with van der Waals surface area (Å²) in [7, 11) is 0. The zero-order valence-corrected chi connectivity index (χ0v) is 25.6. The third-order valence-electron chi connectivity index (χ3n) is 6.30. The van der Waals surface area contributed by atoms with Gasteiger partial charge in [-0.3, -0.25) is 9.59 Å². The van der Waals surface area contributed by atoms with Crippen LogP contribution in [0.15, 0.2) is 60.8 Å². The van der Waals surface area contributed by atoms with Gasteiger partial charge in [-0.2, -0.15) is 0 Å². The molecule has 1 N–H and O–H groups in total. The number of aliphatic hydroxyl groups is 1. The van der Waals surface area contributed by atoms with Crippen molar-refractivity contribution < 1.29 is 24.2 Å². The van der Waals surface area contributed by atoms with E-state index in [0.717, 1.165) is 70.6 Å². The highest BCUT2D eigenvalue weighted by Gasteiger charge is 2.16. The fraction of sp³-hybridized carbons (Fsp3) is 0.657. The Kier molecular flexibility index (Phi) is 29.3. The Morgan fingerprint density at radius 3 is 1.70 bits per heavy atom. The van der Waals surface area contributed by atoms with Gasteiger partial charge in [-0.05, 0) is 70.6 Å². The number of aliphatic hydroxyl groups excluding tert-OH is 1. The number of hydrogen-bond acceptors (Lipinski definition) is 5. The molecule has 0 spiro atoms. The van der Waals surface area contributed by atoms with Crippen molar-refractivity contribution in [2.75, 3.05) is 13.2 Å². The summed E-state index contributed by atoms with van der Waals surface area (Å²) in [6.45, 7) is 3.90. The van der Waals surface area contributed by atoms with Gasteiger partial charge in [0.25, 0.3) is 0 Å². The summed E-state index contributed by atoms with van der Waals surface area (Å²) in [6, 6.07) is 0. The van der Waals surface area contributed by atoms with Crippen LogP contribution in [0.2, 0.25) is 0 Å². The van der Waals surface area contributed by atoms with Gasteiger partial charge in [0.05, 0.1) is 6.61 Å². The molecule has 0 aromatic heterocycles. The predicted octanol–water partition coefficient (Wildman–Crippen LogP) is 9.28. The zero-order chi connectivity index (χ0) is 29.4. The van der Waals surface area contributed by atoms with Gasteiger partial charge in [-0.25, -0.2) is 0 Å². The molecule has 40 heavy (non-hydrogen) atoms. The van der Waals surface area contributed by atoms with E-state index in [9.17, 15) is 14.7 Å². The van der Waals surface area contributed by atoms with Crippen molar-refractivity contribution in [2.24, 2.45) is 0 Å². The van der Waals surface area contributed by atoms with Gasteiger partial charge in [-0.1, -0.05) is 107 Å². The van der Waals surface area contributed by atoms with E-state index in [4.69, 9.17) is 9.47 Å². The van der Waals surface area contributed by atoms with Crippen molar-refractivity contribution in [3.8, 4) is 0 Å². The van der Waals surface area contributed by atoms with Gasteiger partial charge in [0, 0.05) is 12.8 Å². The fourth-order valence-electron chi connectivity index (χ4n) is 3.88. The van der Waals surface area contributed by atoms with Crippen LogP contribution in [-0.4, -0.2) is 36.4 Å². The molecule has 5 heteroatoms. The summed E-state index contributed by atoms with van der Waals surface area (Å²) < 4.78 is 10.5. The lowest BCUT2D eigenvalue weighted by molar-refractivity contribution is -0.161. The highest BCUT2D eigenvalue weighted by molar-refractivity contribution is 5.70. The maximum atomic E-state index is 12.0. The third kappa shape index (κ3) is 28.6. The molecular weight excluding hydrogens is 500 g/mol. The summed E-state index contributed by atoms with van der Waals surface area (Å²) in [5.74, 6) is -0.660. The smallest absolute Gasteiger partial charge is 0.306 e. The summed E-state index contributed by atoms with van der Waals surface area (Å²) in [4.78, 5) is 24.0. The minimum absolute atomic E-state index is 0.0935. The van der Waals surface area contributed by atoms with Crippen LogP contribution in [0, 0.1) is 0 Å².